The third-order valence-corrected chi connectivity index (χ3v) is 1.86. The molecular weight excluding hydrogens is 217 g/mol. The number of pyridine rings is 1. The molecule has 0 spiro atoms. The van der Waals surface area contributed by atoms with E-state index in [-0.39, 0.29) is 12.1 Å². The Bertz CT molecular complexity index is 296. The fourth-order valence-corrected chi connectivity index (χ4v) is 0.980. The van der Waals surface area contributed by atoms with E-state index in [1.165, 1.54) is 18.3 Å². The van der Waals surface area contributed by atoms with Crippen LogP contribution in [0.1, 0.15) is 5.69 Å². The van der Waals surface area contributed by atoms with Gasteiger partial charge in [-0.25, -0.2) is 0 Å². The number of nitrogens with two attached hydrogens (primary N) is 1. The molecule has 0 aliphatic carbocycles. The number of nitrogens with zero attached hydrogens (tertiary/aromatic N) is 1. The Balaban J connectivity index is 2.65. The Morgan fingerprint density at radius 3 is 2.50 bits per heavy atom. The van der Waals surface area contributed by atoms with Crippen LogP contribution in [0.25, 0.3) is 0 Å². The molecule has 1 atom stereocenters. The molecule has 1 unspecified atom stereocenters. The van der Waals surface area contributed by atoms with E-state index in [4.69, 9.17) is 17.3 Å². The van der Waals surface area contributed by atoms with E-state index in [1.807, 2.05) is 0 Å². The molecule has 2 nitrogen and oxygen atoms in total. The number of rotatable bonds is 2. The monoisotopic (exact) mass is 224 g/mol. The number of halogens is 4. The summed E-state index contributed by atoms with van der Waals surface area (Å²) in [5.41, 5.74) is 5.20. The molecular formula is C8H8ClF3N2. The summed E-state index contributed by atoms with van der Waals surface area (Å²) >= 11 is 5.52. The van der Waals surface area contributed by atoms with Gasteiger partial charge in [0.15, 0.2) is 0 Å². The summed E-state index contributed by atoms with van der Waals surface area (Å²) in [5, 5.41) is 0.384. The van der Waals surface area contributed by atoms with Crippen molar-refractivity contribution in [3.8, 4) is 0 Å². The van der Waals surface area contributed by atoms with Gasteiger partial charge in [0, 0.05) is 18.3 Å². The highest BCUT2D eigenvalue weighted by Gasteiger charge is 2.36. The predicted octanol–water partition coefficient (Wildman–Crippen LogP) is 2.17. The molecule has 1 aromatic heterocycles. The van der Waals surface area contributed by atoms with Crippen molar-refractivity contribution in [2.45, 2.75) is 18.6 Å². The third kappa shape index (κ3) is 3.16. The summed E-state index contributed by atoms with van der Waals surface area (Å²) in [6.07, 6.45) is -3.43. The first-order valence-electron chi connectivity index (χ1n) is 3.82. The number of hydrogen-bond acceptors (Lipinski definition) is 2. The molecule has 0 aliphatic rings. The lowest BCUT2D eigenvalue weighted by Gasteiger charge is -2.14. The van der Waals surface area contributed by atoms with Crippen LogP contribution in [-0.4, -0.2) is 17.2 Å². The molecule has 1 rings (SSSR count). The molecule has 2 N–H and O–H groups in total. The van der Waals surface area contributed by atoms with Gasteiger partial charge in [0.25, 0.3) is 0 Å². The zero-order valence-electron chi connectivity index (χ0n) is 7.05. The van der Waals surface area contributed by atoms with Crippen LogP contribution < -0.4 is 5.73 Å². The molecule has 0 saturated heterocycles. The minimum absolute atomic E-state index is 0.277. The van der Waals surface area contributed by atoms with Crippen molar-refractivity contribution in [1.82, 2.24) is 4.98 Å². The Kier molecular flexibility index (Phi) is 3.34. The molecule has 0 bridgehead atoms. The molecule has 14 heavy (non-hydrogen) atoms. The first kappa shape index (κ1) is 11.3. The van der Waals surface area contributed by atoms with E-state index in [9.17, 15) is 13.2 Å². The largest absolute Gasteiger partial charge is 0.404 e. The lowest BCUT2D eigenvalue weighted by molar-refractivity contribution is -0.147. The van der Waals surface area contributed by atoms with Gasteiger partial charge in [0.05, 0.1) is 5.02 Å². The Morgan fingerprint density at radius 1 is 1.43 bits per heavy atom. The molecule has 0 aliphatic heterocycles. The van der Waals surface area contributed by atoms with E-state index >= 15 is 0 Å². The average molecular weight is 225 g/mol. The van der Waals surface area contributed by atoms with Crippen LogP contribution in [-0.2, 0) is 6.42 Å². The van der Waals surface area contributed by atoms with E-state index in [0.717, 1.165) is 0 Å². The second-order valence-electron chi connectivity index (χ2n) is 2.82. The van der Waals surface area contributed by atoms with Crippen molar-refractivity contribution < 1.29 is 13.2 Å². The van der Waals surface area contributed by atoms with Crippen LogP contribution in [0.3, 0.4) is 0 Å². The predicted molar refractivity (Wildman–Crippen MR) is 47.0 cm³/mol. The van der Waals surface area contributed by atoms with E-state index < -0.39 is 12.2 Å². The van der Waals surface area contributed by atoms with Gasteiger partial charge in [-0.05, 0) is 12.1 Å². The van der Waals surface area contributed by atoms with Crippen LogP contribution in [0, 0.1) is 0 Å². The SMILES string of the molecule is NC(Cc1ccc(Cl)cn1)C(F)(F)F. The average Bonchev–Trinajstić information content (AvgIpc) is 2.07. The van der Waals surface area contributed by atoms with Gasteiger partial charge in [-0.2, -0.15) is 13.2 Å². The van der Waals surface area contributed by atoms with Crippen LogP contribution in [0.15, 0.2) is 18.3 Å². The summed E-state index contributed by atoms with van der Waals surface area (Å²) in [6.45, 7) is 0. The Morgan fingerprint density at radius 2 is 2.07 bits per heavy atom. The Labute approximate surface area is 83.9 Å². The molecule has 1 aromatic rings. The molecule has 0 saturated carbocycles. The minimum Gasteiger partial charge on any atom is -0.320 e. The highest BCUT2D eigenvalue weighted by atomic mass is 35.5. The van der Waals surface area contributed by atoms with Crippen molar-refractivity contribution in [3.63, 3.8) is 0 Å². The lowest BCUT2D eigenvalue weighted by Crippen LogP contribution is -2.39. The first-order chi connectivity index (χ1) is 6.39. The lowest BCUT2D eigenvalue weighted by atomic mass is 10.1. The van der Waals surface area contributed by atoms with Crippen molar-refractivity contribution in [1.29, 1.82) is 0 Å². The van der Waals surface area contributed by atoms with Crippen molar-refractivity contribution >= 4 is 11.6 Å². The molecule has 0 radical (unpaired) electrons. The van der Waals surface area contributed by atoms with Crippen LogP contribution in [0.5, 0.6) is 0 Å². The van der Waals surface area contributed by atoms with Crippen LogP contribution >= 0.6 is 11.6 Å². The molecule has 78 valence electrons. The fourth-order valence-electron chi connectivity index (χ4n) is 0.868. The summed E-state index contributed by atoms with van der Waals surface area (Å²) < 4.78 is 36.1. The number of hydrogen-bond donors (Lipinski definition) is 1. The zero-order chi connectivity index (χ0) is 10.8. The Hall–Kier alpha value is -0.810. The maximum Gasteiger partial charge on any atom is 0.404 e. The smallest absolute Gasteiger partial charge is 0.320 e. The quantitative estimate of drug-likeness (QED) is 0.836. The van der Waals surface area contributed by atoms with Crippen molar-refractivity contribution in [2.75, 3.05) is 0 Å². The number of alkyl halides is 3. The second-order valence-corrected chi connectivity index (χ2v) is 3.26. The highest BCUT2D eigenvalue weighted by molar-refractivity contribution is 6.30. The molecule has 0 fully saturated rings. The molecule has 0 aromatic carbocycles. The number of aromatic nitrogens is 1. The maximum atomic E-state index is 12.0. The molecule has 6 heteroatoms. The van der Waals surface area contributed by atoms with Crippen molar-refractivity contribution in [3.05, 3.63) is 29.0 Å². The van der Waals surface area contributed by atoms with Gasteiger partial charge in [-0.3, -0.25) is 4.98 Å². The normalized spacial score (nSPS) is 14.1. The standard InChI is InChI=1S/C8H8ClF3N2/c9-5-1-2-6(14-4-5)3-7(13)8(10,11)12/h1-2,4,7H,3,13H2. The summed E-state index contributed by atoms with van der Waals surface area (Å²) in [6, 6.07) is 1.03. The topological polar surface area (TPSA) is 38.9 Å². The third-order valence-electron chi connectivity index (χ3n) is 1.64. The fraction of sp³-hybridized carbons (Fsp3) is 0.375. The minimum atomic E-state index is -4.39. The van der Waals surface area contributed by atoms with E-state index in [1.54, 1.807) is 0 Å². The van der Waals surface area contributed by atoms with Gasteiger partial charge in [-0.1, -0.05) is 11.6 Å². The molecule has 1 heterocycles. The van der Waals surface area contributed by atoms with E-state index in [0.29, 0.717) is 5.02 Å². The van der Waals surface area contributed by atoms with Crippen molar-refractivity contribution in [2.24, 2.45) is 5.73 Å². The summed E-state index contributed by atoms with van der Waals surface area (Å²) in [7, 11) is 0. The van der Waals surface area contributed by atoms with Gasteiger partial charge in [0.2, 0.25) is 0 Å². The molecule has 0 amide bonds. The van der Waals surface area contributed by atoms with Crippen LogP contribution in [0.4, 0.5) is 13.2 Å². The van der Waals surface area contributed by atoms with Gasteiger partial charge in [0.1, 0.15) is 6.04 Å². The van der Waals surface area contributed by atoms with Gasteiger partial charge >= 0.3 is 6.18 Å². The van der Waals surface area contributed by atoms with E-state index in [2.05, 4.69) is 4.98 Å². The van der Waals surface area contributed by atoms with Gasteiger partial charge in [-0.15, -0.1) is 0 Å². The highest BCUT2D eigenvalue weighted by Crippen LogP contribution is 2.21. The van der Waals surface area contributed by atoms with Crippen LogP contribution in [0.2, 0.25) is 5.02 Å². The second kappa shape index (κ2) is 4.14. The maximum absolute atomic E-state index is 12.0. The van der Waals surface area contributed by atoms with Gasteiger partial charge < -0.3 is 5.73 Å². The zero-order valence-corrected chi connectivity index (χ0v) is 7.81. The summed E-state index contributed by atoms with van der Waals surface area (Å²) in [5.74, 6) is 0. The first-order valence-corrected chi connectivity index (χ1v) is 4.20. The summed E-state index contributed by atoms with van der Waals surface area (Å²) in [4.78, 5) is 3.72.